The molecule has 0 N–H and O–H groups in total. The molecule has 5 heteroatoms. The highest BCUT2D eigenvalue weighted by atomic mass is 32.1. The highest BCUT2D eigenvalue weighted by Gasteiger charge is 2.31. The van der Waals surface area contributed by atoms with Crippen molar-refractivity contribution in [2.45, 2.75) is 39.2 Å². The third kappa shape index (κ3) is 3.28. The Kier molecular flexibility index (Phi) is 5.41. The van der Waals surface area contributed by atoms with Gasteiger partial charge in [0.25, 0.3) is 5.91 Å². The van der Waals surface area contributed by atoms with Gasteiger partial charge in [0.2, 0.25) is 0 Å². The van der Waals surface area contributed by atoms with Crippen molar-refractivity contribution in [1.82, 2.24) is 9.47 Å². The molecular formula is C19H26N2O2S. The second-order valence-electron chi connectivity index (χ2n) is 6.30. The maximum Gasteiger partial charge on any atom is 0.264 e. The Balaban J connectivity index is 1.88. The lowest BCUT2D eigenvalue weighted by Gasteiger charge is -2.35. The van der Waals surface area contributed by atoms with Crippen molar-refractivity contribution >= 4 is 17.2 Å². The number of aromatic nitrogens is 1. The van der Waals surface area contributed by atoms with Gasteiger partial charge < -0.3 is 14.2 Å². The molecule has 1 unspecified atom stereocenters. The van der Waals surface area contributed by atoms with Gasteiger partial charge in [-0.25, -0.2) is 0 Å². The number of ether oxygens (including phenoxy) is 1. The SMILES string of the molecule is CCCc1sc(C(=O)N2CCOCC2c2cccn2C)cc1CC. The minimum Gasteiger partial charge on any atom is -0.377 e. The monoisotopic (exact) mass is 346 g/mol. The summed E-state index contributed by atoms with van der Waals surface area (Å²) in [6, 6.07) is 6.20. The summed E-state index contributed by atoms with van der Waals surface area (Å²) in [5.41, 5.74) is 2.46. The summed E-state index contributed by atoms with van der Waals surface area (Å²) in [6.07, 6.45) is 5.19. The second-order valence-corrected chi connectivity index (χ2v) is 7.43. The Morgan fingerprint density at radius 2 is 2.25 bits per heavy atom. The molecule has 1 atom stereocenters. The van der Waals surface area contributed by atoms with Crippen LogP contribution in [0.2, 0.25) is 0 Å². The van der Waals surface area contributed by atoms with Gasteiger partial charge in [-0.1, -0.05) is 20.3 Å². The van der Waals surface area contributed by atoms with Gasteiger partial charge in [0, 0.05) is 30.4 Å². The summed E-state index contributed by atoms with van der Waals surface area (Å²) < 4.78 is 7.74. The summed E-state index contributed by atoms with van der Waals surface area (Å²) in [4.78, 5) is 17.4. The first kappa shape index (κ1) is 17.2. The van der Waals surface area contributed by atoms with Crippen LogP contribution in [-0.2, 0) is 24.6 Å². The smallest absolute Gasteiger partial charge is 0.264 e. The number of amides is 1. The average molecular weight is 346 g/mol. The molecule has 4 nitrogen and oxygen atoms in total. The van der Waals surface area contributed by atoms with Gasteiger partial charge in [-0.3, -0.25) is 4.79 Å². The standard InChI is InChI=1S/C19H26N2O2S/c1-4-7-17-14(5-2)12-18(24-17)19(22)21-10-11-23-13-16(21)15-8-6-9-20(15)3/h6,8-9,12,16H,4-5,7,10-11,13H2,1-3H3. The zero-order chi connectivity index (χ0) is 17.1. The molecule has 3 heterocycles. The predicted octanol–water partition coefficient (Wildman–Crippen LogP) is 3.82. The minimum atomic E-state index is -0.00643. The van der Waals surface area contributed by atoms with Crippen molar-refractivity contribution in [3.8, 4) is 0 Å². The third-order valence-electron chi connectivity index (χ3n) is 4.68. The minimum absolute atomic E-state index is 0.00643. The molecule has 3 rings (SSSR count). The van der Waals surface area contributed by atoms with Crippen LogP contribution in [0.3, 0.4) is 0 Å². The molecule has 1 aliphatic heterocycles. The van der Waals surface area contributed by atoms with Crippen LogP contribution in [0.4, 0.5) is 0 Å². The first-order valence-electron chi connectivity index (χ1n) is 8.77. The highest BCUT2D eigenvalue weighted by Crippen LogP contribution is 2.30. The lowest BCUT2D eigenvalue weighted by Crippen LogP contribution is -2.43. The molecule has 0 spiro atoms. The van der Waals surface area contributed by atoms with Crippen molar-refractivity contribution < 1.29 is 9.53 Å². The van der Waals surface area contributed by atoms with E-state index < -0.39 is 0 Å². The molecule has 1 fully saturated rings. The van der Waals surface area contributed by atoms with Crippen molar-refractivity contribution in [2.75, 3.05) is 19.8 Å². The lowest BCUT2D eigenvalue weighted by molar-refractivity contribution is -0.00437. The van der Waals surface area contributed by atoms with E-state index in [1.807, 2.05) is 24.2 Å². The number of thiophene rings is 1. The number of hydrogen-bond donors (Lipinski definition) is 0. The molecular weight excluding hydrogens is 320 g/mol. The van der Waals surface area contributed by atoms with Gasteiger partial charge in [-0.2, -0.15) is 0 Å². The van der Waals surface area contributed by atoms with E-state index in [-0.39, 0.29) is 11.9 Å². The maximum absolute atomic E-state index is 13.2. The molecule has 130 valence electrons. The van der Waals surface area contributed by atoms with E-state index in [2.05, 4.69) is 30.5 Å². The van der Waals surface area contributed by atoms with Crippen LogP contribution in [0.25, 0.3) is 0 Å². The number of carbonyl (C=O) groups excluding carboxylic acids is 1. The van der Waals surface area contributed by atoms with Gasteiger partial charge in [-0.05, 0) is 36.6 Å². The van der Waals surface area contributed by atoms with Gasteiger partial charge in [0.05, 0.1) is 24.1 Å². The Hall–Kier alpha value is -1.59. The average Bonchev–Trinajstić information content (AvgIpc) is 3.20. The quantitative estimate of drug-likeness (QED) is 0.825. The van der Waals surface area contributed by atoms with Crippen molar-refractivity contribution in [2.24, 2.45) is 7.05 Å². The summed E-state index contributed by atoms with van der Waals surface area (Å²) in [6.45, 7) is 6.18. The predicted molar refractivity (Wildman–Crippen MR) is 97.7 cm³/mol. The summed E-state index contributed by atoms with van der Waals surface area (Å²) in [7, 11) is 2.02. The van der Waals surface area contributed by atoms with Gasteiger partial charge in [0.15, 0.2) is 0 Å². The highest BCUT2D eigenvalue weighted by molar-refractivity contribution is 7.14. The fourth-order valence-electron chi connectivity index (χ4n) is 3.36. The molecule has 2 aromatic heterocycles. The number of carbonyl (C=O) groups is 1. The van der Waals surface area contributed by atoms with Crippen LogP contribution in [0.15, 0.2) is 24.4 Å². The van der Waals surface area contributed by atoms with Crippen LogP contribution in [0.5, 0.6) is 0 Å². The fraction of sp³-hybridized carbons (Fsp3) is 0.526. The van der Waals surface area contributed by atoms with Crippen LogP contribution in [0.1, 0.15) is 52.1 Å². The molecule has 1 saturated heterocycles. The maximum atomic E-state index is 13.2. The molecule has 0 aliphatic carbocycles. The Bertz CT molecular complexity index is 704. The zero-order valence-corrected chi connectivity index (χ0v) is 15.6. The molecule has 0 saturated carbocycles. The summed E-state index contributed by atoms with van der Waals surface area (Å²) >= 11 is 1.68. The van der Waals surface area contributed by atoms with E-state index in [9.17, 15) is 4.79 Å². The Labute approximate surface area is 148 Å². The van der Waals surface area contributed by atoms with E-state index in [1.54, 1.807) is 11.3 Å². The number of rotatable bonds is 5. The first-order valence-corrected chi connectivity index (χ1v) is 9.58. The van der Waals surface area contributed by atoms with Crippen LogP contribution >= 0.6 is 11.3 Å². The zero-order valence-electron chi connectivity index (χ0n) is 14.7. The molecule has 0 bridgehead atoms. The Morgan fingerprint density at radius 3 is 2.92 bits per heavy atom. The third-order valence-corrected chi connectivity index (χ3v) is 5.91. The van der Waals surface area contributed by atoms with E-state index in [0.717, 1.165) is 29.8 Å². The van der Waals surface area contributed by atoms with E-state index >= 15 is 0 Å². The van der Waals surface area contributed by atoms with E-state index in [4.69, 9.17) is 4.74 Å². The summed E-state index contributed by atoms with van der Waals surface area (Å²) in [5.74, 6) is 0.145. The molecule has 0 radical (unpaired) electrons. The van der Waals surface area contributed by atoms with Gasteiger partial charge >= 0.3 is 0 Å². The normalized spacial score (nSPS) is 18.1. The van der Waals surface area contributed by atoms with Crippen LogP contribution < -0.4 is 0 Å². The van der Waals surface area contributed by atoms with E-state index in [1.165, 1.54) is 10.4 Å². The molecule has 2 aromatic rings. The number of morpholine rings is 1. The van der Waals surface area contributed by atoms with Gasteiger partial charge in [-0.15, -0.1) is 11.3 Å². The van der Waals surface area contributed by atoms with Gasteiger partial charge in [0.1, 0.15) is 0 Å². The largest absolute Gasteiger partial charge is 0.377 e. The first-order chi connectivity index (χ1) is 11.7. The van der Waals surface area contributed by atoms with Crippen molar-refractivity contribution in [3.05, 3.63) is 45.4 Å². The van der Waals surface area contributed by atoms with E-state index in [0.29, 0.717) is 19.8 Å². The van der Waals surface area contributed by atoms with Crippen molar-refractivity contribution in [1.29, 1.82) is 0 Å². The van der Waals surface area contributed by atoms with Crippen LogP contribution in [0, 0.1) is 0 Å². The number of nitrogens with zero attached hydrogens (tertiary/aromatic N) is 2. The molecule has 1 aliphatic rings. The second kappa shape index (κ2) is 7.53. The lowest BCUT2D eigenvalue weighted by atomic mass is 10.1. The number of hydrogen-bond acceptors (Lipinski definition) is 3. The fourth-order valence-corrected chi connectivity index (χ4v) is 4.68. The van der Waals surface area contributed by atoms with Crippen LogP contribution in [-0.4, -0.2) is 35.1 Å². The van der Waals surface area contributed by atoms with Crippen molar-refractivity contribution in [3.63, 3.8) is 0 Å². The topological polar surface area (TPSA) is 34.5 Å². The summed E-state index contributed by atoms with van der Waals surface area (Å²) in [5, 5.41) is 0. The Morgan fingerprint density at radius 1 is 1.42 bits per heavy atom. The molecule has 24 heavy (non-hydrogen) atoms. The molecule has 0 aromatic carbocycles. The molecule has 1 amide bonds. The number of aryl methyl sites for hydroxylation is 3.